The van der Waals surface area contributed by atoms with Crippen LogP contribution in [0.25, 0.3) is 22.0 Å². The summed E-state index contributed by atoms with van der Waals surface area (Å²) in [5.41, 5.74) is 1.72. The van der Waals surface area contributed by atoms with Crippen molar-refractivity contribution in [3.63, 3.8) is 0 Å². The molecule has 0 bridgehead atoms. The van der Waals surface area contributed by atoms with Crippen LogP contribution >= 0.6 is 0 Å². The maximum absolute atomic E-state index is 15.1. The second-order valence-electron chi connectivity index (χ2n) is 11.0. The number of hydrogen-bond donors (Lipinski definition) is 3. The highest BCUT2D eigenvalue weighted by Gasteiger charge is 2.24. The molecule has 1 fully saturated rings. The molecule has 3 aromatic heterocycles. The lowest BCUT2D eigenvalue weighted by Gasteiger charge is -2.31. The van der Waals surface area contributed by atoms with Crippen LogP contribution in [0.5, 0.6) is 11.6 Å². The molecule has 1 unspecified atom stereocenters. The first-order chi connectivity index (χ1) is 22.1. The fourth-order valence-electron chi connectivity index (χ4n) is 5.37. The van der Waals surface area contributed by atoms with Gasteiger partial charge in [-0.3, -0.25) is 4.72 Å². The molecule has 1 saturated heterocycles. The Morgan fingerprint density at radius 1 is 1.13 bits per heavy atom. The van der Waals surface area contributed by atoms with E-state index >= 15 is 4.39 Å². The van der Waals surface area contributed by atoms with Gasteiger partial charge in [-0.15, -0.1) is 0 Å². The number of aryl methyl sites for hydroxylation is 2. The van der Waals surface area contributed by atoms with Gasteiger partial charge in [0.05, 0.1) is 16.9 Å². The Morgan fingerprint density at radius 3 is 2.74 bits per heavy atom. The van der Waals surface area contributed by atoms with Gasteiger partial charge in [0.1, 0.15) is 28.8 Å². The summed E-state index contributed by atoms with van der Waals surface area (Å²) in [5, 5.41) is 17.1. The van der Waals surface area contributed by atoms with Crippen molar-refractivity contribution < 1.29 is 32.0 Å². The fraction of sp³-hybridized carbons (Fsp3) is 0.258. The first kappa shape index (κ1) is 30.7. The molecule has 0 saturated carbocycles. The fourth-order valence-corrected chi connectivity index (χ4v) is 6.48. The zero-order valence-corrected chi connectivity index (χ0v) is 25.7. The van der Waals surface area contributed by atoms with Gasteiger partial charge in [0, 0.05) is 48.4 Å². The SMILES string of the molecule is Cc1cc(CS(=O)(=O)Nc2c(F)ccc3c(Oc4ncccc4-c4ccnc(NC5CCCN(C(=O)O)C5)n4)c(C)ccc23)no1. The number of amides is 1. The highest BCUT2D eigenvalue weighted by molar-refractivity contribution is 7.91. The smallest absolute Gasteiger partial charge is 0.407 e. The maximum Gasteiger partial charge on any atom is 0.407 e. The van der Waals surface area contributed by atoms with E-state index in [1.165, 1.54) is 23.1 Å². The van der Waals surface area contributed by atoms with Crippen LogP contribution in [0.3, 0.4) is 0 Å². The minimum absolute atomic E-state index is 0.143. The molecule has 1 amide bonds. The highest BCUT2D eigenvalue weighted by Crippen LogP contribution is 2.40. The standard InChI is InChI=1S/C31H30FN7O6S/c1-18-7-8-22-23(9-10-25(32)27(22)38-46(42,43)17-21-15-19(2)45-37-21)28(18)44-29-24(6-3-12-33-29)26-11-13-34-30(36-26)35-20-5-4-14-39(16-20)31(40)41/h3,6-13,15,20,38H,4-5,14,16-17H2,1-2H3,(H,40,41)(H,34,35,36). The minimum Gasteiger partial charge on any atom is -0.465 e. The van der Waals surface area contributed by atoms with E-state index < -0.39 is 27.7 Å². The van der Waals surface area contributed by atoms with E-state index in [-0.39, 0.29) is 28.7 Å². The predicted octanol–water partition coefficient (Wildman–Crippen LogP) is 5.72. The number of carboxylic acid groups (broad SMARTS) is 1. The number of pyridine rings is 1. The summed E-state index contributed by atoms with van der Waals surface area (Å²) in [7, 11) is -4.05. The number of fused-ring (bicyclic) bond motifs is 1. The van der Waals surface area contributed by atoms with Gasteiger partial charge in [-0.05, 0) is 62.6 Å². The van der Waals surface area contributed by atoms with Gasteiger partial charge in [0.2, 0.25) is 21.9 Å². The van der Waals surface area contributed by atoms with E-state index in [4.69, 9.17) is 9.26 Å². The number of carbonyl (C=O) groups is 1. The van der Waals surface area contributed by atoms with Crippen molar-refractivity contribution in [2.45, 2.75) is 38.5 Å². The van der Waals surface area contributed by atoms with Gasteiger partial charge in [-0.1, -0.05) is 17.3 Å². The Balaban J connectivity index is 1.30. The number of piperidine rings is 1. The Bertz CT molecular complexity index is 2040. The third-order valence-corrected chi connectivity index (χ3v) is 8.69. The Kier molecular flexibility index (Phi) is 8.41. The first-order valence-electron chi connectivity index (χ1n) is 14.4. The molecule has 5 aromatic rings. The van der Waals surface area contributed by atoms with E-state index in [1.807, 2.05) is 6.92 Å². The van der Waals surface area contributed by atoms with E-state index in [0.29, 0.717) is 52.8 Å². The van der Waals surface area contributed by atoms with Crippen LogP contribution in [-0.4, -0.2) is 63.8 Å². The monoisotopic (exact) mass is 647 g/mol. The molecule has 3 N–H and O–H groups in total. The molecule has 46 heavy (non-hydrogen) atoms. The molecule has 4 heterocycles. The predicted molar refractivity (Wildman–Crippen MR) is 168 cm³/mol. The van der Waals surface area contributed by atoms with Crippen molar-refractivity contribution in [1.29, 1.82) is 0 Å². The average Bonchev–Trinajstić information content (AvgIpc) is 3.43. The summed E-state index contributed by atoms with van der Waals surface area (Å²) in [5.74, 6) is 0.100. The molecule has 0 spiro atoms. The minimum atomic E-state index is -4.05. The summed E-state index contributed by atoms with van der Waals surface area (Å²) in [6.45, 7) is 4.27. The lowest BCUT2D eigenvalue weighted by molar-refractivity contribution is 0.132. The van der Waals surface area contributed by atoms with Crippen molar-refractivity contribution >= 4 is 38.5 Å². The van der Waals surface area contributed by atoms with E-state index in [1.54, 1.807) is 49.6 Å². The van der Waals surface area contributed by atoms with Gasteiger partial charge < -0.3 is 24.6 Å². The van der Waals surface area contributed by atoms with E-state index in [2.05, 4.69) is 30.1 Å². The second kappa shape index (κ2) is 12.6. The lowest BCUT2D eigenvalue weighted by atomic mass is 10.0. The van der Waals surface area contributed by atoms with E-state index in [9.17, 15) is 18.3 Å². The number of nitrogens with zero attached hydrogens (tertiary/aromatic N) is 5. The summed E-state index contributed by atoms with van der Waals surface area (Å²) in [6.07, 6.45) is 3.69. The number of benzene rings is 2. The quantitative estimate of drug-likeness (QED) is 0.178. The normalized spacial score (nSPS) is 15.1. The molecule has 1 aliphatic rings. The number of nitrogens with one attached hydrogen (secondary N) is 2. The van der Waals surface area contributed by atoms with Gasteiger partial charge in [-0.25, -0.2) is 32.6 Å². The Labute approximate surface area is 263 Å². The van der Waals surface area contributed by atoms with Crippen LogP contribution in [0.2, 0.25) is 0 Å². The summed E-state index contributed by atoms with van der Waals surface area (Å²) >= 11 is 0. The van der Waals surface area contributed by atoms with Crippen molar-refractivity contribution in [3.05, 3.63) is 83.8 Å². The van der Waals surface area contributed by atoms with Gasteiger partial charge >= 0.3 is 6.09 Å². The van der Waals surface area contributed by atoms with Gasteiger partial charge in [0.25, 0.3) is 0 Å². The molecule has 6 rings (SSSR count). The number of likely N-dealkylation sites (tertiary alicyclic amines) is 1. The summed E-state index contributed by atoms with van der Waals surface area (Å²) in [4.78, 5) is 26.2. The lowest BCUT2D eigenvalue weighted by Crippen LogP contribution is -2.44. The molecule has 1 atom stereocenters. The molecular weight excluding hydrogens is 617 g/mol. The molecular formula is C31H30FN7O6S. The topological polar surface area (TPSA) is 173 Å². The number of ether oxygens (including phenoxy) is 1. The number of hydrogen-bond acceptors (Lipinski definition) is 10. The third kappa shape index (κ3) is 6.68. The van der Waals surface area contributed by atoms with Gasteiger partial charge in [0.15, 0.2) is 0 Å². The first-order valence-corrected chi connectivity index (χ1v) is 16.1. The molecule has 238 valence electrons. The van der Waals surface area contributed by atoms with Crippen molar-refractivity contribution in [3.8, 4) is 22.9 Å². The van der Waals surface area contributed by atoms with Crippen LogP contribution in [-0.2, 0) is 15.8 Å². The zero-order chi connectivity index (χ0) is 32.4. The average molecular weight is 648 g/mol. The number of halogens is 1. The molecule has 2 aromatic carbocycles. The van der Waals surface area contributed by atoms with Gasteiger partial charge in [-0.2, -0.15) is 0 Å². The van der Waals surface area contributed by atoms with Crippen LogP contribution in [0.1, 0.15) is 29.9 Å². The largest absolute Gasteiger partial charge is 0.465 e. The van der Waals surface area contributed by atoms with Crippen molar-refractivity contribution in [1.82, 2.24) is 25.0 Å². The van der Waals surface area contributed by atoms with E-state index in [0.717, 1.165) is 12.8 Å². The van der Waals surface area contributed by atoms with Crippen LogP contribution in [0, 0.1) is 19.7 Å². The number of sulfonamides is 1. The maximum atomic E-state index is 15.1. The summed E-state index contributed by atoms with van der Waals surface area (Å²) < 4.78 is 54.8. The molecule has 13 nitrogen and oxygen atoms in total. The summed E-state index contributed by atoms with van der Waals surface area (Å²) in [6, 6.07) is 12.6. The van der Waals surface area contributed by atoms with Crippen LogP contribution in [0.15, 0.2) is 65.4 Å². The highest BCUT2D eigenvalue weighted by atomic mass is 32.2. The molecule has 0 radical (unpaired) electrons. The Morgan fingerprint density at radius 2 is 1.96 bits per heavy atom. The number of rotatable bonds is 9. The molecule has 1 aliphatic heterocycles. The zero-order valence-electron chi connectivity index (χ0n) is 24.9. The van der Waals surface area contributed by atoms with Crippen molar-refractivity contribution in [2.75, 3.05) is 23.1 Å². The van der Waals surface area contributed by atoms with Crippen LogP contribution in [0.4, 0.5) is 20.8 Å². The molecule has 0 aliphatic carbocycles. The number of anilines is 2. The van der Waals surface area contributed by atoms with Crippen molar-refractivity contribution in [2.24, 2.45) is 0 Å². The third-order valence-electron chi connectivity index (χ3n) is 7.50. The molecule has 15 heteroatoms. The second-order valence-corrected chi connectivity index (χ2v) is 12.7. The van der Waals surface area contributed by atoms with Crippen LogP contribution < -0.4 is 14.8 Å². The Hall–Kier alpha value is -5.31. The number of aromatic nitrogens is 4.